The van der Waals surface area contributed by atoms with Crippen LogP contribution >= 0.6 is 45.8 Å². The van der Waals surface area contributed by atoms with E-state index in [9.17, 15) is 0 Å². The molecule has 17 heavy (non-hydrogen) atoms. The second-order valence-corrected chi connectivity index (χ2v) is 5.44. The molecule has 2 nitrogen and oxygen atoms in total. The number of anilines is 3. The van der Waals surface area contributed by atoms with Gasteiger partial charge in [0.05, 0.1) is 27.1 Å². The number of hydrogen-bond donors (Lipinski definition) is 2. The van der Waals surface area contributed by atoms with Crippen LogP contribution in [0.1, 0.15) is 0 Å². The van der Waals surface area contributed by atoms with Gasteiger partial charge in [-0.1, -0.05) is 35.3 Å². The molecule has 0 heterocycles. The third kappa shape index (κ3) is 2.97. The second kappa shape index (κ2) is 5.33. The summed E-state index contributed by atoms with van der Waals surface area (Å²) >= 11 is 14.1. The maximum atomic E-state index is 5.96. The van der Waals surface area contributed by atoms with E-state index < -0.39 is 0 Å². The molecule has 0 aromatic heterocycles. The predicted octanol–water partition coefficient (Wildman–Crippen LogP) is 4.92. The van der Waals surface area contributed by atoms with Crippen LogP contribution in [0, 0.1) is 3.57 Å². The molecule has 0 radical (unpaired) electrons. The number of para-hydroxylation sites is 1. The van der Waals surface area contributed by atoms with Gasteiger partial charge in [-0.05, 0) is 46.9 Å². The van der Waals surface area contributed by atoms with Gasteiger partial charge in [-0.25, -0.2) is 0 Å². The average molecular weight is 379 g/mol. The van der Waals surface area contributed by atoms with Crippen molar-refractivity contribution in [3.05, 3.63) is 50.0 Å². The van der Waals surface area contributed by atoms with Crippen LogP contribution in [0.2, 0.25) is 10.0 Å². The molecule has 88 valence electrons. The molecule has 0 unspecified atom stereocenters. The van der Waals surface area contributed by atoms with Crippen molar-refractivity contribution in [2.45, 2.75) is 0 Å². The minimum absolute atomic E-state index is 0.456. The minimum Gasteiger partial charge on any atom is -0.397 e. The molecule has 2 aromatic carbocycles. The summed E-state index contributed by atoms with van der Waals surface area (Å²) in [5.41, 5.74) is 8.19. The van der Waals surface area contributed by atoms with Crippen LogP contribution in [0.5, 0.6) is 0 Å². The van der Waals surface area contributed by atoms with Gasteiger partial charge in [-0.3, -0.25) is 0 Å². The number of nitrogens with two attached hydrogens (primary N) is 1. The number of rotatable bonds is 2. The Labute approximate surface area is 123 Å². The summed E-state index contributed by atoms with van der Waals surface area (Å²) in [4.78, 5) is 0. The summed E-state index contributed by atoms with van der Waals surface area (Å²) in [5.74, 6) is 0. The van der Waals surface area contributed by atoms with E-state index in [1.54, 1.807) is 12.1 Å². The first-order valence-corrected chi connectivity index (χ1v) is 6.67. The number of nitrogens with one attached hydrogen (secondary N) is 1. The van der Waals surface area contributed by atoms with Gasteiger partial charge in [-0.2, -0.15) is 0 Å². The maximum Gasteiger partial charge on any atom is 0.0634 e. The second-order valence-electron chi connectivity index (χ2n) is 3.46. The molecular weight excluding hydrogens is 370 g/mol. The summed E-state index contributed by atoms with van der Waals surface area (Å²) in [5, 5.41) is 4.17. The summed E-state index contributed by atoms with van der Waals surface area (Å²) in [7, 11) is 0. The number of hydrogen-bond acceptors (Lipinski definition) is 2. The van der Waals surface area contributed by atoms with Gasteiger partial charge >= 0.3 is 0 Å². The Kier molecular flexibility index (Phi) is 4.01. The Morgan fingerprint density at radius 3 is 2.35 bits per heavy atom. The highest BCUT2D eigenvalue weighted by Crippen LogP contribution is 2.33. The van der Waals surface area contributed by atoms with Crippen LogP contribution < -0.4 is 11.1 Å². The van der Waals surface area contributed by atoms with Crippen molar-refractivity contribution in [3.8, 4) is 0 Å². The predicted molar refractivity (Wildman–Crippen MR) is 83.3 cm³/mol. The van der Waals surface area contributed by atoms with Crippen LogP contribution in [-0.2, 0) is 0 Å². The summed E-state index contributed by atoms with van der Waals surface area (Å²) in [6, 6.07) is 11.3. The monoisotopic (exact) mass is 378 g/mol. The molecule has 0 aliphatic rings. The van der Waals surface area contributed by atoms with Crippen molar-refractivity contribution in [2.24, 2.45) is 0 Å². The Morgan fingerprint density at radius 1 is 1.00 bits per heavy atom. The molecule has 0 saturated carbocycles. The Morgan fingerprint density at radius 2 is 1.65 bits per heavy atom. The van der Waals surface area contributed by atoms with Crippen LogP contribution in [0.25, 0.3) is 0 Å². The van der Waals surface area contributed by atoms with E-state index in [2.05, 4.69) is 27.9 Å². The molecule has 0 bridgehead atoms. The number of nitrogen functional groups attached to an aromatic ring is 1. The Hall–Kier alpha value is -0.650. The highest BCUT2D eigenvalue weighted by Gasteiger charge is 2.06. The maximum absolute atomic E-state index is 5.96. The van der Waals surface area contributed by atoms with Gasteiger partial charge < -0.3 is 11.1 Å². The standard InChI is InChI=1S/C12H9Cl2IN2/c13-7-5-10(16)12(6-8(7)14)17-11-4-2-1-3-9(11)15/h1-6,17H,16H2. The summed E-state index contributed by atoms with van der Waals surface area (Å²) < 4.78 is 1.11. The lowest BCUT2D eigenvalue weighted by Gasteiger charge is -2.12. The topological polar surface area (TPSA) is 38.0 Å². The van der Waals surface area contributed by atoms with Crippen LogP contribution in [0.3, 0.4) is 0 Å². The van der Waals surface area contributed by atoms with Gasteiger partial charge in [-0.15, -0.1) is 0 Å². The van der Waals surface area contributed by atoms with Gasteiger partial charge in [0.1, 0.15) is 0 Å². The molecule has 0 aliphatic heterocycles. The minimum atomic E-state index is 0.456. The zero-order valence-corrected chi connectivity index (χ0v) is 12.3. The first-order valence-electron chi connectivity index (χ1n) is 4.84. The van der Waals surface area contributed by atoms with Gasteiger partial charge in [0.15, 0.2) is 0 Å². The van der Waals surface area contributed by atoms with Crippen molar-refractivity contribution in [2.75, 3.05) is 11.1 Å². The lowest BCUT2D eigenvalue weighted by Crippen LogP contribution is -1.97. The van der Waals surface area contributed by atoms with Crippen LogP contribution in [0.15, 0.2) is 36.4 Å². The largest absolute Gasteiger partial charge is 0.397 e. The summed E-state index contributed by atoms with van der Waals surface area (Å²) in [6.45, 7) is 0. The molecule has 5 heteroatoms. The molecule has 0 saturated heterocycles. The molecule has 0 atom stereocenters. The van der Waals surface area contributed by atoms with Crippen molar-refractivity contribution in [3.63, 3.8) is 0 Å². The lowest BCUT2D eigenvalue weighted by atomic mass is 10.2. The fourth-order valence-corrected chi connectivity index (χ4v) is 2.24. The van der Waals surface area contributed by atoms with Crippen molar-refractivity contribution in [1.82, 2.24) is 0 Å². The lowest BCUT2D eigenvalue weighted by molar-refractivity contribution is 1.52. The first-order chi connectivity index (χ1) is 8.08. The third-order valence-electron chi connectivity index (χ3n) is 2.24. The van der Waals surface area contributed by atoms with E-state index >= 15 is 0 Å². The molecule has 2 aromatic rings. The number of halogens is 3. The van der Waals surface area contributed by atoms with E-state index in [0.29, 0.717) is 15.7 Å². The quantitative estimate of drug-likeness (QED) is 0.574. The van der Waals surface area contributed by atoms with E-state index in [-0.39, 0.29) is 0 Å². The molecule has 3 N–H and O–H groups in total. The van der Waals surface area contributed by atoms with Crippen LogP contribution in [-0.4, -0.2) is 0 Å². The highest BCUT2D eigenvalue weighted by atomic mass is 127. The SMILES string of the molecule is Nc1cc(Cl)c(Cl)cc1Nc1ccccc1I. The van der Waals surface area contributed by atoms with Gasteiger partial charge in [0.2, 0.25) is 0 Å². The van der Waals surface area contributed by atoms with Gasteiger partial charge in [0.25, 0.3) is 0 Å². The van der Waals surface area contributed by atoms with Crippen molar-refractivity contribution < 1.29 is 0 Å². The fourth-order valence-electron chi connectivity index (χ4n) is 1.38. The first kappa shape index (κ1) is 12.8. The zero-order chi connectivity index (χ0) is 12.4. The highest BCUT2D eigenvalue weighted by molar-refractivity contribution is 14.1. The van der Waals surface area contributed by atoms with Crippen LogP contribution in [0.4, 0.5) is 17.1 Å². The molecular formula is C12H9Cl2IN2. The van der Waals surface area contributed by atoms with Crippen molar-refractivity contribution in [1.29, 1.82) is 0 Å². The molecule has 0 amide bonds. The summed E-state index contributed by atoms with van der Waals surface area (Å²) in [6.07, 6.45) is 0. The Bertz CT molecular complexity index is 558. The van der Waals surface area contributed by atoms with E-state index in [1.165, 1.54) is 0 Å². The molecule has 0 fully saturated rings. The van der Waals surface area contributed by atoms with Gasteiger partial charge in [0, 0.05) is 3.57 Å². The molecule has 2 rings (SSSR count). The molecule has 0 spiro atoms. The average Bonchev–Trinajstić information content (AvgIpc) is 2.29. The Balaban J connectivity index is 2.37. The zero-order valence-electron chi connectivity index (χ0n) is 8.68. The molecule has 0 aliphatic carbocycles. The normalized spacial score (nSPS) is 10.3. The van der Waals surface area contributed by atoms with Crippen molar-refractivity contribution >= 4 is 62.9 Å². The van der Waals surface area contributed by atoms with E-state index in [0.717, 1.165) is 14.9 Å². The smallest absolute Gasteiger partial charge is 0.0634 e. The third-order valence-corrected chi connectivity index (χ3v) is 3.90. The van der Waals surface area contributed by atoms with E-state index in [4.69, 9.17) is 28.9 Å². The number of benzene rings is 2. The fraction of sp³-hybridized carbons (Fsp3) is 0. The van der Waals surface area contributed by atoms with E-state index in [1.807, 2.05) is 24.3 Å².